The number of H-pyrrole nitrogens is 1. The van der Waals surface area contributed by atoms with Gasteiger partial charge in [-0.05, 0) is 45.4 Å². The van der Waals surface area contributed by atoms with Crippen LogP contribution in [0.2, 0.25) is 0 Å². The van der Waals surface area contributed by atoms with Crippen LogP contribution in [-0.4, -0.2) is 29.5 Å². The summed E-state index contributed by atoms with van der Waals surface area (Å²) in [4.78, 5) is 15.0. The highest BCUT2D eigenvalue weighted by atomic mass is 16.1. The molecule has 2 aromatic rings. The van der Waals surface area contributed by atoms with Gasteiger partial charge in [-0.3, -0.25) is 4.79 Å². The van der Waals surface area contributed by atoms with Gasteiger partial charge in [-0.15, -0.1) is 0 Å². The van der Waals surface area contributed by atoms with Gasteiger partial charge in [0.25, 0.3) is 0 Å². The molecule has 1 aromatic heterocycles. The predicted octanol–water partition coefficient (Wildman–Crippen LogP) is 2.60. The fraction of sp³-hybridized carbons (Fsp3) is 0.471. The molecule has 0 saturated carbocycles. The van der Waals surface area contributed by atoms with E-state index < -0.39 is 0 Å². The normalized spacial score (nSPS) is 11.8. The van der Waals surface area contributed by atoms with Crippen molar-refractivity contribution >= 4 is 16.8 Å². The molecular formula is C17H25N3O. The van der Waals surface area contributed by atoms with Crippen LogP contribution in [-0.2, 0) is 11.2 Å². The van der Waals surface area contributed by atoms with E-state index in [1.807, 2.05) is 26.8 Å². The summed E-state index contributed by atoms with van der Waals surface area (Å²) in [5.74, 6) is 0.0992. The van der Waals surface area contributed by atoms with Crippen molar-refractivity contribution in [1.29, 1.82) is 0 Å². The zero-order valence-corrected chi connectivity index (χ0v) is 13.1. The third-order valence-corrected chi connectivity index (χ3v) is 3.29. The molecule has 3 N–H and O–H groups in total. The van der Waals surface area contributed by atoms with E-state index in [0.29, 0.717) is 13.0 Å². The highest BCUT2D eigenvalue weighted by molar-refractivity contribution is 5.83. The smallest absolute Gasteiger partial charge is 0.221 e. The Balaban J connectivity index is 1.70. The Morgan fingerprint density at radius 2 is 1.95 bits per heavy atom. The Labute approximate surface area is 126 Å². The number of carbonyl (C=O) groups is 1. The summed E-state index contributed by atoms with van der Waals surface area (Å²) in [5, 5.41) is 7.58. The van der Waals surface area contributed by atoms with Crippen molar-refractivity contribution in [3.63, 3.8) is 0 Å². The molecule has 0 atom stereocenters. The maximum Gasteiger partial charge on any atom is 0.221 e. The summed E-state index contributed by atoms with van der Waals surface area (Å²) in [6.45, 7) is 7.58. The number of rotatable bonds is 6. The van der Waals surface area contributed by atoms with Crippen molar-refractivity contribution in [2.45, 2.75) is 39.2 Å². The SMILES string of the molecule is CC(C)(C)NC(=O)CCNCCc1c[nH]c2ccccc12. The second-order valence-corrected chi connectivity index (χ2v) is 6.41. The molecular weight excluding hydrogens is 262 g/mol. The van der Waals surface area contributed by atoms with E-state index in [2.05, 4.69) is 40.0 Å². The van der Waals surface area contributed by atoms with Crippen LogP contribution < -0.4 is 10.6 Å². The predicted molar refractivity (Wildman–Crippen MR) is 87.4 cm³/mol. The summed E-state index contributed by atoms with van der Waals surface area (Å²) < 4.78 is 0. The Morgan fingerprint density at radius 1 is 1.19 bits per heavy atom. The number of carbonyl (C=O) groups excluding carboxylic acids is 1. The highest BCUT2D eigenvalue weighted by Crippen LogP contribution is 2.17. The number of amides is 1. The van der Waals surface area contributed by atoms with Crippen LogP contribution in [0, 0.1) is 0 Å². The topological polar surface area (TPSA) is 56.9 Å². The molecule has 0 aliphatic heterocycles. The molecule has 0 radical (unpaired) electrons. The lowest BCUT2D eigenvalue weighted by Gasteiger charge is -2.20. The molecule has 0 aliphatic carbocycles. The van der Waals surface area contributed by atoms with Crippen LogP contribution in [0.3, 0.4) is 0 Å². The van der Waals surface area contributed by atoms with Gasteiger partial charge >= 0.3 is 0 Å². The van der Waals surface area contributed by atoms with E-state index in [-0.39, 0.29) is 11.4 Å². The van der Waals surface area contributed by atoms with Crippen LogP contribution in [0.15, 0.2) is 30.5 Å². The van der Waals surface area contributed by atoms with E-state index in [1.54, 1.807) is 0 Å². The third kappa shape index (κ3) is 4.90. The summed E-state index contributed by atoms with van der Waals surface area (Å²) in [6.07, 6.45) is 3.55. The standard InChI is InChI=1S/C17H25N3O/c1-17(2,3)20-16(21)9-11-18-10-8-13-12-19-15-7-5-4-6-14(13)15/h4-7,12,18-19H,8-11H2,1-3H3,(H,20,21). The zero-order valence-electron chi connectivity index (χ0n) is 13.1. The van der Waals surface area contributed by atoms with E-state index in [0.717, 1.165) is 13.0 Å². The number of aromatic nitrogens is 1. The fourth-order valence-electron chi connectivity index (χ4n) is 2.37. The number of nitrogens with one attached hydrogen (secondary N) is 3. The van der Waals surface area contributed by atoms with Gasteiger partial charge in [-0.2, -0.15) is 0 Å². The van der Waals surface area contributed by atoms with E-state index in [9.17, 15) is 4.79 Å². The molecule has 4 nitrogen and oxygen atoms in total. The first kappa shape index (κ1) is 15.6. The van der Waals surface area contributed by atoms with E-state index in [1.165, 1.54) is 16.5 Å². The molecule has 0 saturated heterocycles. The van der Waals surface area contributed by atoms with Crippen LogP contribution >= 0.6 is 0 Å². The molecule has 21 heavy (non-hydrogen) atoms. The molecule has 0 spiro atoms. The lowest BCUT2D eigenvalue weighted by atomic mass is 10.1. The van der Waals surface area contributed by atoms with Crippen LogP contribution in [0.25, 0.3) is 10.9 Å². The lowest BCUT2D eigenvalue weighted by Crippen LogP contribution is -2.41. The molecule has 0 unspecified atom stereocenters. The van der Waals surface area contributed by atoms with Crippen molar-refractivity contribution in [3.8, 4) is 0 Å². The molecule has 1 aromatic carbocycles. The monoisotopic (exact) mass is 287 g/mol. The second kappa shape index (κ2) is 6.76. The lowest BCUT2D eigenvalue weighted by molar-refractivity contribution is -0.122. The number of benzene rings is 1. The van der Waals surface area contributed by atoms with Crippen LogP contribution in [0.4, 0.5) is 0 Å². The zero-order chi connectivity index (χ0) is 15.3. The second-order valence-electron chi connectivity index (χ2n) is 6.41. The molecule has 0 bridgehead atoms. The van der Waals surface area contributed by atoms with Gasteiger partial charge in [0, 0.05) is 35.6 Å². The van der Waals surface area contributed by atoms with Crippen molar-refractivity contribution in [1.82, 2.24) is 15.6 Å². The Bertz CT molecular complexity index is 595. The molecule has 114 valence electrons. The number of fused-ring (bicyclic) bond motifs is 1. The van der Waals surface area contributed by atoms with Crippen LogP contribution in [0.5, 0.6) is 0 Å². The maximum absolute atomic E-state index is 11.7. The first-order valence-electron chi connectivity index (χ1n) is 7.52. The van der Waals surface area contributed by atoms with Crippen molar-refractivity contribution in [2.75, 3.05) is 13.1 Å². The first-order valence-corrected chi connectivity index (χ1v) is 7.52. The summed E-state index contributed by atoms with van der Waals surface area (Å²) in [6, 6.07) is 8.32. The largest absolute Gasteiger partial charge is 0.361 e. The molecule has 2 rings (SSSR count). The molecule has 1 heterocycles. The number of para-hydroxylation sites is 1. The summed E-state index contributed by atoms with van der Waals surface area (Å²) in [5.41, 5.74) is 2.34. The maximum atomic E-state index is 11.7. The van der Waals surface area contributed by atoms with Crippen molar-refractivity contribution in [2.24, 2.45) is 0 Å². The molecule has 4 heteroatoms. The van der Waals surface area contributed by atoms with Crippen LogP contribution in [0.1, 0.15) is 32.8 Å². The van der Waals surface area contributed by atoms with Gasteiger partial charge in [-0.25, -0.2) is 0 Å². The molecule has 0 fully saturated rings. The van der Waals surface area contributed by atoms with Gasteiger partial charge in [0.05, 0.1) is 0 Å². The van der Waals surface area contributed by atoms with Gasteiger partial charge < -0.3 is 15.6 Å². The third-order valence-electron chi connectivity index (χ3n) is 3.29. The van der Waals surface area contributed by atoms with Crippen molar-refractivity contribution in [3.05, 3.63) is 36.0 Å². The minimum atomic E-state index is -0.152. The summed E-state index contributed by atoms with van der Waals surface area (Å²) >= 11 is 0. The van der Waals surface area contributed by atoms with Gasteiger partial charge in [0.2, 0.25) is 5.91 Å². The summed E-state index contributed by atoms with van der Waals surface area (Å²) in [7, 11) is 0. The minimum Gasteiger partial charge on any atom is -0.361 e. The van der Waals surface area contributed by atoms with E-state index in [4.69, 9.17) is 0 Å². The Hall–Kier alpha value is -1.81. The van der Waals surface area contributed by atoms with Gasteiger partial charge in [0.1, 0.15) is 0 Å². The van der Waals surface area contributed by atoms with Crippen molar-refractivity contribution < 1.29 is 4.79 Å². The van der Waals surface area contributed by atoms with Gasteiger partial charge in [0.15, 0.2) is 0 Å². The number of aromatic amines is 1. The fourth-order valence-corrected chi connectivity index (χ4v) is 2.37. The molecule has 1 amide bonds. The van der Waals surface area contributed by atoms with Gasteiger partial charge in [-0.1, -0.05) is 18.2 Å². The highest BCUT2D eigenvalue weighted by Gasteiger charge is 2.12. The molecule has 0 aliphatic rings. The van der Waals surface area contributed by atoms with E-state index >= 15 is 0 Å². The quantitative estimate of drug-likeness (QED) is 0.715. The minimum absolute atomic E-state index is 0.0992. The number of hydrogen-bond donors (Lipinski definition) is 3. The Morgan fingerprint density at radius 3 is 2.71 bits per heavy atom. The average molecular weight is 287 g/mol. The average Bonchev–Trinajstić information content (AvgIpc) is 2.80. The number of hydrogen-bond acceptors (Lipinski definition) is 2. The first-order chi connectivity index (χ1) is 9.96. The Kier molecular flexibility index (Phi) is 5.02.